The predicted molar refractivity (Wildman–Crippen MR) is 130 cm³/mol. The number of piperidine rings is 1. The number of carboxylic acid groups (broad SMARTS) is 1. The highest BCUT2D eigenvalue weighted by atomic mass is 16.5. The van der Waals surface area contributed by atoms with Gasteiger partial charge >= 0.3 is 18.0 Å². The van der Waals surface area contributed by atoms with Gasteiger partial charge in [-0.3, -0.25) is 14.6 Å². The summed E-state index contributed by atoms with van der Waals surface area (Å²) in [5, 5.41) is 11.8. The second-order valence-electron chi connectivity index (χ2n) is 9.16. The quantitative estimate of drug-likeness (QED) is 0.427. The normalized spacial score (nSPS) is 22.8. The Balaban J connectivity index is 1.30. The Hall–Kier alpha value is -3.18. The van der Waals surface area contributed by atoms with Gasteiger partial charge in [0.25, 0.3) is 0 Å². The first kappa shape index (κ1) is 24.9. The average Bonchev–Trinajstić information content (AvgIpc) is 3.15. The van der Waals surface area contributed by atoms with Crippen molar-refractivity contribution in [1.82, 2.24) is 15.1 Å². The number of carbonyl (C=O) groups excluding carboxylic acids is 1. The fourth-order valence-electron chi connectivity index (χ4n) is 4.36. The molecule has 0 aliphatic carbocycles. The zero-order valence-electron chi connectivity index (χ0n) is 20.1. The summed E-state index contributed by atoms with van der Waals surface area (Å²) in [5.41, 5.74) is 7.07. The largest absolute Gasteiger partial charge is 0.493 e. The van der Waals surface area contributed by atoms with Gasteiger partial charge in [-0.15, -0.1) is 0 Å². The van der Waals surface area contributed by atoms with E-state index in [-0.39, 0.29) is 18.6 Å². The van der Waals surface area contributed by atoms with E-state index in [1.807, 2.05) is 29.2 Å². The molecule has 2 atom stereocenters. The van der Waals surface area contributed by atoms with Crippen molar-refractivity contribution < 1.29 is 24.2 Å². The number of hydrogen-bond donors (Lipinski definition) is 3. The van der Waals surface area contributed by atoms with Crippen molar-refractivity contribution in [2.45, 2.75) is 51.4 Å². The van der Waals surface area contributed by atoms with Crippen LogP contribution in [0.5, 0.6) is 5.75 Å². The number of ether oxygens (including phenoxy) is 2. The highest BCUT2D eigenvalue weighted by Gasteiger charge is 2.42. The van der Waals surface area contributed by atoms with Crippen LogP contribution < -0.4 is 15.8 Å². The number of amides is 2. The summed E-state index contributed by atoms with van der Waals surface area (Å²) < 4.78 is 11.6. The predicted octanol–water partition coefficient (Wildman–Crippen LogP) is 1.63. The molecule has 1 aromatic carbocycles. The molecule has 190 valence electrons. The van der Waals surface area contributed by atoms with E-state index in [1.54, 1.807) is 4.90 Å². The molecule has 4 N–H and O–H groups in total. The van der Waals surface area contributed by atoms with Crippen LogP contribution in [0, 0.1) is 5.92 Å². The number of aliphatic carboxylic acids is 1. The third kappa shape index (κ3) is 6.49. The van der Waals surface area contributed by atoms with E-state index in [0.717, 1.165) is 50.1 Å². The number of fused-ring (bicyclic) bond motifs is 1. The molecule has 11 nitrogen and oxygen atoms in total. The number of unbranched alkanes of at least 4 members (excludes halogenated alkanes) is 1. The van der Waals surface area contributed by atoms with Gasteiger partial charge in [-0.25, -0.2) is 9.79 Å². The van der Waals surface area contributed by atoms with Crippen LogP contribution in [0.1, 0.15) is 38.2 Å². The third-order valence-corrected chi connectivity index (χ3v) is 6.43. The summed E-state index contributed by atoms with van der Waals surface area (Å²) in [4.78, 5) is 35.7. The number of hydrogen-bond acceptors (Lipinski definition) is 8. The van der Waals surface area contributed by atoms with Gasteiger partial charge in [-0.2, -0.15) is 4.99 Å². The first-order valence-corrected chi connectivity index (χ1v) is 12.2. The molecule has 2 unspecified atom stereocenters. The topological polar surface area (TPSA) is 142 Å². The van der Waals surface area contributed by atoms with E-state index in [1.165, 1.54) is 0 Å². The van der Waals surface area contributed by atoms with Gasteiger partial charge < -0.3 is 25.6 Å². The molecule has 4 rings (SSSR count). The Morgan fingerprint density at radius 2 is 1.97 bits per heavy atom. The Labute approximate surface area is 205 Å². The molecule has 0 bridgehead atoms. The number of nitrogens with one attached hydrogen (secondary N) is 1. The van der Waals surface area contributed by atoms with Crippen LogP contribution in [0.25, 0.3) is 0 Å². The minimum atomic E-state index is -0.783. The maximum atomic E-state index is 12.6. The van der Waals surface area contributed by atoms with Crippen LogP contribution in [0.3, 0.4) is 0 Å². The van der Waals surface area contributed by atoms with Crippen molar-refractivity contribution in [3.8, 4) is 5.75 Å². The molecule has 0 aromatic heterocycles. The van der Waals surface area contributed by atoms with Crippen LogP contribution in [0.15, 0.2) is 34.3 Å². The minimum absolute atomic E-state index is 0.100. The molecule has 0 saturated carbocycles. The van der Waals surface area contributed by atoms with Crippen molar-refractivity contribution in [1.29, 1.82) is 0 Å². The fourth-order valence-corrected chi connectivity index (χ4v) is 4.36. The Morgan fingerprint density at radius 3 is 2.66 bits per heavy atom. The van der Waals surface area contributed by atoms with Gasteiger partial charge in [0.1, 0.15) is 23.8 Å². The number of urea groups is 1. The molecule has 2 saturated heterocycles. The molecule has 3 aliphatic heterocycles. The summed E-state index contributed by atoms with van der Waals surface area (Å²) in [5.74, 6) is 0.919. The lowest BCUT2D eigenvalue weighted by Crippen LogP contribution is -2.48. The lowest BCUT2D eigenvalue weighted by Gasteiger charge is -2.30. The lowest BCUT2D eigenvalue weighted by molar-refractivity contribution is -0.138. The van der Waals surface area contributed by atoms with E-state index in [4.69, 9.17) is 20.3 Å². The monoisotopic (exact) mass is 486 g/mol. The molecular formula is C24H34N6O5. The Kier molecular flexibility index (Phi) is 8.19. The van der Waals surface area contributed by atoms with Gasteiger partial charge in [0, 0.05) is 0 Å². The highest BCUT2D eigenvalue weighted by Crippen LogP contribution is 2.22. The van der Waals surface area contributed by atoms with Gasteiger partial charge in [0.05, 0.1) is 26.3 Å². The second-order valence-corrected chi connectivity index (χ2v) is 9.16. The highest BCUT2D eigenvalue weighted by molar-refractivity contribution is 6.11. The van der Waals surface area contributed by atoms with Crippen molar-refractivity contribution in [3.05, 3.63) is 29.8 Å². The number of rotatable bonds is 10. The first-order valence-electron chi connectivity index (χ1n) is 12.2. The Morgan fingerprint density at radius 1 is 1.23 bits per heavy atom. The summed E-state index contributed by atoms with van der Waals surface area (Å²) in [6.07, 6.45) is 3.10. The molecule has 3 aliphatic rings. The SMILES string of the molecule is CCCCOC1=NC(N)C2NC(=O)N(Cc3ccc(OCC4CCN(CC(=O)O)CC4)cc3)C2=N1. The number of benzene rings is 1. The zero-order chi connectivity index (χ0) is 24.8. The van der Waals surface area contributed by atoms with Crippen molar-refractivity contribution in [3.63, 3.8) is 0 Å². The summed E-state index contributed by atoms with van der Waals surface area (Å²) in [6.45, 7) is 5.19. The fraction of sp³-hybridized carbons (Fsp3) is 0.583. The molecule has 35 heavy (non-hydrogen) atoms. The lowest BCUT2D eigenvalue weighted by atomic mass is 9.98. The van der Waals surface area contributed by atoms with Crippen LogP contribution >= 0.6 is 0 Å². The number of likely N-dealkylation sites (tertiary alicyclic amines) is 1. The van der Waals surface area contributed by atoms with Gasteiger partial charge in [0.15, 0.2) is 0 Å². The number of nitrogens with zero attached hydrogens (tertiary/aromatic N) is 4. The number of amidine groups is 2. The summed E-state index contributed by atoms with van der Waals surface area (Å²) in [7, 11) is 0. The van der Waals surface area contributed by atoms with Crippen molar-refractivity contribution >= 4 is 23.9 Å². The number of aliphatic imine (C=N–C) groups is 2. The van der Waals surface area contributed by atoms with Crippen LogP contribution in [-0.2, 0) is 16.1 Å². The average molecular weight is 487 g/mol. The van der Waals surface area contributed by atoms with Crippen molar-refractivity contribution in [2.24, 2.45) is 21.6 Å². The number of carbonyl (C=O) groups is 2. The van der Waals surface area contributed by atoms with E-state index in [9.17, 15) is 9.59 Å². The molecular weight excluding hydrogens is 452 g/mol. The Bertz CT molecular complexity index is 958. The molecule has 11 heteroatoms. The van der Waals surface area contributed by atoms with Crippen LogP contribution in [0.4, 0.5) is 4.79 Å². The molecule has 0 spiro atoms. The molecule has 2 amide bonds. The van der Waals surface area contributed by atoms with Gasteiger partial charge in [0.2, 0.25) is 0 Å². The molecule has 0 radical (unpaired) electrons. The number of nitrogens with two attached hydrogens (primary N) is 1. The minimum Gasteiger partial charge on any atom is -0.493 e. The van der Waals surface area contributed by atoms with E-state index < -0.39 is 18.2 Å². The van der Waals surface area contributed by atoms with Crippen molar-refractivity contribution in [2.75, 3.05) is 32.8 Å². The first-order chi connectivity index (χ1) is 16.9. The van der Waals surface area contributed by atoms with E-state index in [2.05, 4.69) is 22.2 Å². The summed E-state index contributed by atoms with van der Waals surface area (Å²) >= 11 is 0. The standard InChI is InChI=1S/C24H34N6O5/c1-2-3-12-34-23-27-21(25)20-22(28-23)30(24(33)26-20)13-16-4-6-18(7-5-16)35-15-17-8-10-29(11-9-17)14-19(31)32/h4-7,17,20-21H,2-3,8-15,25H2,1H3,(H,26,33)(H,31,32). The second kappa shape index (κ2) is 11.5. The van der Waals surface area contributed by atoms with Crippen LogP contribution in [-0.4, -0.2) is 83.8 Å². The molecule has 2 fully saturated rings. The maximum absolute atomic E-state index is 12.6. The molecule has 3 heterocycles. The van der Waals surface area contributed by atoms with Gasteiger partial charge in [-0.1, -0.05) is 25.5 Å². The molecule has 1 aromatic rings. The smallest absolute Gasteiger partial charge is 0.323 e. The van der Waals surface area contributed by atoms with E-state index >= 15 is 0 Å². The third-order valence-electron chi connectivity index (χ3n) is 6.43. The van der Waals surface area contributed by atoms with Crippen LogP contribution in [0.2, 0.25) is 0 Å². The maximum Gasteiger partial charge on any atom is 0.323 e. The zero-order valence-corrected chi connectivity index (χ0v) is 20.1. The summed E-state index contributed by atoms with van der Waals surface area (Å²) in [6, 6.07) is 7.15. The van der Waals surface area contributed by atoms with Gasteiger partial charge in [-0.05, 0) is 56.0 Å². The number of carboxylic acids is 1. The van der Waals surface area contributed by atoms with E-state index in [0.29, 0.717) is 31.5 Å².